The Labute approximate surface area is 156 Å². The highest BCUT2D eigenvalue weighted by Gasteiger charge is 2.17. The first-order valence-corrected chi connectivity index (χ1v) is 9.27. The molecule has 0 aliphatic carbocycles. The molecule has 0 saturated heterocycles. The van der Waals surface area contributed by atoms with E-state index < -0.39 is 0 Å². The summed E-state index contributed by atoms with van der Waals surface area (Å²) in [4.78, 5) is 13.6. The first-order valence-electron chi connectivity index (χ1n) is 8.01. The highest BCUT2D eigenvalue weighted by atomic mass is 35.5. The lowest BCUT2D eigenvalue weighted by Crippen LogP contribution is -2.33. The lowest BCUT2D eigenvalue weighted by molar-refractivity contribution is -0.119. The molecule has 0 aliphatic rings. The maximum absolute atomic E-state index is 12.5. The number of aryl methyl sites for hydroxylation is 1. The van der Waals surface area contributed by atoms with E-state index in [0.717, 1.165) is 21.7 Å². The Kier molecular flexibility index (Phi) is 5.74. The van der Waals surface area contributed by atoms with Gasteiger partial charge < -0.3 is 10.6 Å². The van der Waals surface area contributed by atoms with Gasteiger partial charge in [-0.05, 0) is 41.6 Å². The summed E-state index contributed by atoms with van der Waals surface area (Å²) in [6.45, 7) is 2.17. The Hall–Kier alpha value is -2.30. The highest BCUT2D eigenvalue weighted by molar-refractivity contribution is 7.10. The molecule has 3 nitrogen and oxygen atoms in total. The molecule has 25 heavy (non-hydrogen) atoms. The van der Waals surface area contributed by atoms with Crippen LogP contribution in [-0.2, 0) is 4.79 Å². The molecule has 2 N–H and O–H groups in total. The van der Waals surface area contributed by atoms with Crippen LogP contribution in [0.5, 0.6) is 0 Å². The number of nitrogens with one attached hydrogen (secondary N) is 2. The number of hydrogen-bond acceptors (Lipinski definition) is 3. The van der Waals surface area contributed by atoms with Crippen LogP contribution in [0.25, 0.3) is 0 Å². The fraction of sp³-hybridized carbons (Fsp3) is 0.150. The summed E-state index contributed by atoms with van der Waals surface area (Å²) in [7, 11) is 0. The summed E-state index contributed by atoms with van der Waals surface area (Å²) in [6.07, 6.45) is 0. The Morgan fingerprint density at radius 2 is 1.92 bits per heavy atom. The second kappa shape index (κ2) is 8.19. The topological polar surface area (TPSA) is 41.1 Å². The number of carbonyl (C=O) groups is 1. The van der Waals surface area contributed by atoms with Crippen molar-refractivity contribution in [1.82, 2.24) is 5.32 Å². The molecule has 1 aromatic heterocycles. The third-order valence-corrected chi connectivity index (χ3v) is 5.08. The van der Waals surface area contributed by atoms with Crippen LogP contribution in [0.4, 0.5) is 5.69 Å². The zero-order valence-corrected chi connectivity index (χ0v) is 15.4. The summed E-state index contributed by atoms with van der Waals surface area (Å²) < 4.78 is 0. The van der Waals surface area contributed by atoms with Crippen molar-refractivity contribution in [3.63, 3.8) is 0 Å². The summed E-state index contributed by atoms with van der Waals surface area (Å²) in [6, 6.07) is 19.5. The molecule has 2 aromatic carbocycles. The second-order valence-corrected chi connectivity index (χ2v) is 7.16. The minimum absolute atomic E-state index is 0.0679. The Bertz CT molecular complexity index is 834. The number of thiophene rings is 1. The van der Waals surface area contributed by atoms with Crippen molar-refractivity contribution in [2.24, 2.45) is 0 Å². The van der Waals surface area contributed by atoms with Gasteiger partial charge in [0.05, 0.1) is 12.6 Å². The van der Waals surface area contributed by atoms with E-state index in [9.17, 15) is 4.79 Å². The Morgan fingerprint density at radius 3 is 2.64 bits per heavy atom. The first-order chi connectivity index (χ1) is 12.1. The van der Waals surface area contributed by atoms with Gasteiger partial charge in [-0.3, -0.25) is 4.79 Å². The van der Waals surface area contributed by atoms with Gasteiger partial charge in [-0.25, -0.2) is 0 Å². The normalized spacial score (nSPS) is 11.8. The lowest BCUT2D eigenvalue weighted by Gasteiger charge is -2.19. The van der Waals surface area contributed by atoms with Gasteiger partial charge in [0.25, 0.3) is 0 Å². The van der Waals surface area contributed by atoms with E-state index in [2.05, 4.69) is 10.6 Å². The molecular formula is C20H19ClN2OS. The largest absolute Gasteiger partial charge is 0.376 e. The van der Waals surface area contributed by atoms with E-state index in [4.69, 9.17) is 11.6 Å². The minimum Gasteiger partial charge on any atom is -0.376 e. The smallest absolute Gasteiger partial charge is 0.240 e. The fourth-order valence-corrected chi connectivity index (χ4v) is 3.57. The van der Waals surface area contributed by atoms with Crippen molar-refractivity contribution < 1.29 is 4.79 Å². The molecule has 0 bridgehead atoms. The van der Waals surface area contributed by atoms with Crippen LogP contribution in [0.2, 0.25) is 5.02 Å². The van der Waals surface area contributed by atoms with Gasteiger partial charge in [-0.2, -0.15) is 0 Å². The average molecular weight is 371 g/mol. The van der Waals surface area contributed by atoms with Crippen LogP contribution in [-0.4, -0.2) is 12.5 Å². The molecule has 5 heteroatoms. The van der Waals surface area contributed by atoms with Crippen LogP contribution in [0, 0.1) is 6.92 Å². The van der Waals surface area contributed by atoms with Crippen molar-refractivity contribution in [1.29, 1.82) is 0 Å². The Morgan fingerprint density at radius 1 is 1.12 bits per heavy atom. The van der Waals surface area contributed by atoms with E-state index in [1.54, 1.807) is 11.3 Å². The standard InChI is InChI=1S/C20H19ClN2OS/c1-14-9-10-16(21)12-17(14)22-13-19(24)23-20(18-8-5-11-25-18)15-6-3-2-4-7-15/h2-12,20,22H,13H2,1H3,(H,23,24). The van der Waals surface area contributed by atoms with E-state index in [1.165, 1.54) is 0 Å². The molecule has 3 rings (SSSR count). The molecule has 1 amide bonds. The number of hydrogen-bond donors (Lipinski definition) is 2. The minimum atomic E-state index is -0.143. The van der Waals surface area contributed by atoms with E-state index >= 15 is 0 Å². The number of carbonyl (C=O) groups excluding carboxylic acids is 1. The first kappa shape index (κ1) is 17.5. The second-order valence-electron chi connectivity index (χ2n) is 5.74. The van der Waals surface area contributed by atoms with Crippen molar-refractivity contribution >= 4 is 34.5 Å². The van der Waals surface area contributed by atoms with E-state index in [0.29, 0.717) is 5.02 Å². The van der Waals surface area contributed by atoms with Crippen molar-refractivity contribution in [2.75, 3.05) is 11.9 Å². The monoisotopic (exact) mass is 370 g/mol. The van der Waals surface area contributed by atoms with Crippen LogP contribution >= 0.6 is 22.9 Å². The molecule has 1 heterocycles. The summed E-state index contributed by atoms with van der Waals surface area (Å²) in [5, 5.41) is 8.94. The summed E-state index contributed by atoms with van der Waals surface area (Å²) in [5.74, 6) is -0.0679. The van der Waals surface area contributed by atoms with Gasteiger partial charge in [-0.1, -0.05) is 54.1 Å². The third kappa shape index (κ3) is 4.62. The fourth-order valence-electron chi connectivity index (χ4n) is 2.59. The maximum atomic E-state index is 12.5. The number of halogens is 1. The van der Waals surface area contributed by atoms with Crippen LogP contribution < -0.4 is 10.6 Å². The summed E-state index contributed by atoms with van der Waals surface area (Å²) in [5.41, 5.74) is 2.99. The summed E-state index contributed by atoms with van der Waals surface area (Å²) >= 11 is 7.66. The van der Waals surface area contributed by atoms with Gasteiger partial charge in [0.1, 0.15) is 0 Å². The average Bonchev–Trinajstić information content (AvgIpc) is 3.15. The van der Waals surface area contributed by atoms with Gasteiger partial charge in [0.15, 0.2) is 0 Å². The highest BCUT2D eigenvalue weighted by Crippen LogP contribution is 2.26. The van der Waals surface area contributed by atoms with Crippen LogP contribution in [0.15, 0.2) is 66.0 Å². The molecule has 0 fully saturated rings. The maximum Gasteiger partial charge on any atom is 0.240 e. The third-order valence-electron chi connectivity index (χ3n) is 3.90. The van der Waals surface area contributed by atoms with Crippen LogP contribution in [0.3, 0.4) is 0 Å². The van der Waals surface area contributed by atoms with Gasteiger partial charge >= 0.3 is 0 Å². The predicted molar refractivity (Wildman–Crippen MR) is 105 cm³/mol. The number of rotatable bonds is 6. The number of amides is 1. The van der Waals surface area contributed by atoms with Gasteiger partial charge in [0, 0.05) is 15.6 Å². The molecule has 128 valence electrons. The van der Waals surface area contributed by atoms with E-state index in [1.807, 2.05) is 73.0 Å². The molecule has 0 aliphatic heterocycles. The SMILES string of the molecule is Cc1ccc(Cl)cc1NCC(=O)NC(c1ccccc1)c1cccs1. The molecule has 1 unspecified atom stereocenters. The molecular weight excluding hydrogens is 352 g/mol. The van der Waals surface area contributed by atoms with Crippen molar-refractivity contribution in [2.45, 2.75) is 13.0 Å². The quantitative estimate of drug-likeness (QED) is 0.639. The zero-order valence-electron chi connectivity index (χ0n) is 13.8. The Balaban J connectivity index is 1.70. The lowest BCUT2D eigenvalue weighted by atomic mass is 10.1. The number of benzene rings is 2. The van der Waals surface area contributed by atoms with Gasteiger partial charge in [0.2, 0.25) is 5.91 Å². The van der Waals surface area contributed by atoms with Crippen molar-refractivity contribution in [3.8, 4) is 0 Å². The molecule has 0 spiro atoms. The molecule has 0 radical (unpaired) electrons. The number of anilines is 1. The molecule has 1 atom stereocenters. The van der Waals surface area contributed by atoms with Crippen LogP contribution in [0.1, 0.15) is 22.0 Å². The van der Waals surface area contributed by atoms with Gasteiger partial charge in [-0.15, -0.1) is 11.3 Å². The van der Waals surface area contributed by atoms with E-state index in [-0.39, 0.29) is 18.5 Å². The predicted octanol–water partition coefficient (Wildman–Crippen LogP) is 5.03. The zero-order chi connectivity index (χ0) is 17.6. The molecule has 0 saturated carbocycles. The molecule has 3 aromatic rings. The van der Waals surface area contributed by atoms with Crippen molar-refractivity contribution in [3.05, 3.63) is 87.1 Å².